The molecule has 1 N–H and O–H groups in total. The molecule has 8 heteroatoms. The van der Waals surface area contributed by atoms with E-state index in [1.165, 1.54) is 11.8 Å². The third-order valence-electron chi connectivity index (χ3n) is 3.78. The summed E-state index contributed by atoms with van der Waals surface area (Å²) in [4.78, 5) is 16.7. The number of carbonyl (C=O) groups excluding carboxylic acids is 1. The molecule has 1 aliphatic rings. The lowest BCUT2D eigenvalue weighted by Crippen LogP contribution is -2.14. The molecule has 0 aliphatic heterocycles. The standard InChI is InChI=1S/C17H17N5O2S/c1-11-9-14(21-24-11)18-15(23)10-25-17-19-16(12-7-8-12)22(20-17)13-5-3-2-4-6-13/h2-6,9,12H,7-8,10H2,1H3,(H,18,21,23). The predicted octanol–water partition coefficient (Wildman–Crippen LogP) is 3.17. The molecule has 1 aliphatic carbocycles. The number of para-hydroxylation sites is 1. The molecule has 128 valence electrons. The molecule has 3 aromatic rings. The van der Waals surface area contributed by atoms with Crippen molar-refractivity contribution in [3.05, 3.63) is 48.0 Å². The van der Waals surface area contributed by atoms with Crippen LogP contribution in [0.15, 0.2) is 46.1 Å². The van der Waals surface area contributed by atoms with Crippen LogP contribution in [-0.4, -0.2) is 31.6 Å². The van der Waals surface area contributed by atoms with Crippen molar-refractivity contribution in [2.24, 2.45) is 0 Å². The number of aromatic nitrogens is 4. The molecular formula is C17H17N5O2S. The van der Waals surface area contributed by atoms with Gasteiger partial charge in [-0.2, -0.15) is 0 Å². The van der Waals surface area contributed by atoms with Gasteiger partial charge in [0.15, 0.2) is 5.82 Å². The third kappa shape index (κ3) is 3.74. The van der Waals surface area contributed by atoms with Crippen molar-refractivity contribution in [3.63, 3.8) is 0 Å². The first-order valence-corrected chi connectivity index (χ1v) is 9.06. The number of anilines is 1. The number of rotatable bonds is 6. The van der Waals surface area contributed by atoms with E-state index >= 15 is 0 Å². The topological polar surface area (TPSA) is 85.8 Å². The average molecular weight is 355 g/mol. The fourth-order valence-corrected chi connectivity index (χ4v) is 3.09. The van der Waals surface area contributed by atoms with Crippen LogP contribution in [0.4, 0.5) is 5.82 Å². The summed E-state index contributed by atoms with van der Waals surface area (Å²) in [5.74, 6) is 2.57. The lowest BCUT2D eigenvalue weighted by molar-refractivity contribution is -0.113. The maximum Gasteiger partial charge on any atom is 0.236 e. The summed E-state index contributed by atoms with van der Waals surface area (Å²) in [5, 5.41) is 11.6. The number of aryl methyl sites for hydroxylation is 1. The number of hydrogen-bond donors (Lipinski definition) is 1. The highest BCUT2D eigenvalue weighted by Crippen LogP contribution is 2.40. The van der Waals surface area contributed by atoms with Crippen molar-refractivity contribution in [2.45, 2.75) is 30.8 Å². The van der Waals surface area contributed by atoms with Crippen molar-refractivity contribution < 1.29 is 9.32 Å². The molecule has 0 radical (unpaired) electrons. The van der Waals surface area contributed by atoms with Crippen LogP contribution in [0.5, 0.6) is 0 Å². The van der Waals surface area contributed by atoms with E-state index in [4.69, 9.17) is 4.52 Å². The highest BCUT2D eigenvalue weighted by molar-refractivity contribution is 7.99. The summed E-state index contributed by atoms with van der Waals surface area (Å²) in [6, 6.07) is 11.6. The maximum atomic E-state index is 12.0. The van der Waals surface area contributed by atoms with Gasteiger partial charge in [-0.3, -0.25) is 4.79 Å². The number of nitrogens with one attached hydrogen (secondary N) is 1. The van der Waals surface area contributed by atoms with E-state index < -0.39 is 0 Å². The van der Waals surface area contributed by atoms with Crippen molar-refractivity contribution in [2.75, 3.05) is 11.1 Å². The summed E-state index contributed by atoms with van der Waals surface area (Å²) in [5.41, 5.74) is 0.992. The zero-order valence-corrected chi connectivity index (χ0v) is 14.5. The number of carbonyl (C=O) groups is 1. The second-order valence-corrected chi connectivity index (χ2v) is 6.88. The molecule has 1 fully saturated rings. The molecule has 2 heterocycles. The Kier molecular flexibility index (Phi) is 4.27. The molecule has 0 unspecified atom stereocenters. The second kappa shape index (κ2) is 6.72. The Morgan fingerprint density at radius 3 is 2.84 bits per heavy atom. The predicted molar refractivity (Wildman–Crippen MR) is 93.9 cm³/mol. The van der Waals surface area contributed by atoms with Crippen molar-refractivity contribution in [1.29, 1.82) is 0 Å². The molecule has 0 atom stereocenters. The number of nitrogens with zero attached hydrogens (tertiary/aromatic N) is 4. The Balaban J connectivity index is 1.45. The Morgan fingerprint density at radius 1 is 1.36 bits per heavy atom. The van der Waals surface area contributed by atoms with E-state index in [1.807, 2.05) is 35.0 Å². The summed E-state index contributed by atoms with van der Waals surface area (Å²) in [6.45, 7) is 1.77. The first kappa shape index (κ1) is 15.9. The molecular weight excluding hydrogens is 338 g/mol. The van der Waals surface area contributed by atoms with Crippen LogP contribution in [0.1, 0.15) is 30.3 Å². The Labute approximate surface area is 148 Å². The molecule has 1 aromatic carbocycles. The van der Waals surface area contributed by atoms with Crippen LogP contribution < -0.4 is 5.32 Å². The molecule has 2 aromatic heterocycles. The lowest BCUT2D eigenvalue weighted by atomic mass is 10.3. The van der Waals surface area contributed by atoms with Crippen LogP contribution in [-0.2, 0) is 4.79 Å². The van der Waals surface area contributed by atoms with E-state index in [0.717, 1.165) is 24.4 Å². The highest BCUT2D eigenvalue weighted by Gasteiger charge is 2.30. The second-order valence-electron chi connectivity index (χ2n) is 5.93. The molecule has 0 saturated heterocycles. The van der Waals surface area contributed by atoms with E-state index in [1.54, 1.807) is 13.0 Å². The van der Waals surface area contributed by atoms with Gasteiger partial charge in [-0.15, -0.1) is 5.10 Å². The van der Waals surface area contributed by atoms with Gasteiger partial charge in [-0.25, -0.2) is 9.67 Å². The van der Waals surface area contributed by atoms with Gasteiger partial charge in [0.2, 0.25) is 11.1 Å². The van der Waals surface area contributed by atoms with Gasteiger partial charge in [0, 0.05) is 12.0 Å². The minimum Gasteiger partial charge on any atom is -0.360 e. The number of amides is 1. The van der Waals surface area contributed by atoms with Crippen molar-refractivity contribution >= 4 is 23.5 Å². The number of hydrogen-bond acceptors (Lipinski definition) is 6. The quantitative estimate of drug-likeness (QED) is 0.684. The first-order valence-electron chi connectivity index (χ1n) is 8.07. The van der Waals surface area contributed by atoms with Gasteiger partial charge >= 0.3 is 0 Å². The first-order chi connectivity index (χ1) is 12.2. The fraction of sp³-hybridized carbons (Fsp3) is 0.294. The summed E-state index contributed by atoms with van der Waals surface area (Å²) in [6.07, 6.45) is 2.28. The molecule has 25 heavy (non-hydrogen) atoms. The van der Waals surface area contributed by atoms with Crippen LogP contribution in [0.2, 0.25) is 0 Å². The Morgan fingerprint density at radius 2 is 2.16 bits per heavy atom. The van der Waals surface area contributed by atoms with E-state index in [0.29, 0.717) is 22.7 Å². The van der Waals surface area contributed by atoms with E-state index in [-0.39, 0.29) is 11.7 Å². The Hall–Kier alpha value is -2.61. The zero-order valence-electron chi connectivity index (χ0n) is 13.7. The normalized spacial score (nSPS) is 13.8. The van der Waals surface area contributed by atoms with Gasteiger partial charge in [0.1, 0.15) is 11.6 Å². The average Bonchev–Trinajstić information content (AvgIpc) is 3.25. The van der Waals surface area contributed by atoms with Crippen LogP contribution in [0, 0.1) is 6.92 Å². The maximum absolute atomic E-state index is 12.0. The summed E-state index contributed by atoms with van der Waals surface area (Å²) >= 11 is 1.32. The monoisotopic (exact) mass is 355 g/mol. The van der Waals surface area contributed by atoms with E-state index in [2.05, 4.69) is 20.6 Å². The van der Waals surface area contributed by atoms with Gasteiger partial charge in [0.05, 0.1) is 11.4 Å². The molecule has 0 bridgehead atoms. The summed E-state index contributed by atoms with van der Waals surface area (Å²) < 4.78 is 6.82. The van der Waals surface area contributed by atoms with Crippen LogP contribution in [0.25, 0.3) is 5.69 Å². The number of benzene rings is 1. The van der Waals surface area contributed by atoms with Gasteiger partial charge < -0.3 is 9.84 Å². The molecule has 1 saturated carbocycles. The Bertz CT molecular complexity index is 886. The minimum atomic E-state index is -0.165. The van der Waals surface area contributed by atoms with Crippen molar-refractivity contribution in [1.82, 2.24) is 19.9 Å². The SMILES string of the molecule is Cc1cc(NC(=O)CSc2nc(C3CC3)n(-c3ccccc3)n2)no1. The van der Waals surface area contributed by atoms with Crippen LogP contribution >= 0.6 is 11.8 Å². The summed E-state index contributed by atoms with van der Waals surface area (Å²) in [7, 11) is 0. The van der Waals surface area contributed by atoms with Gasteiger partial charge in [0.25, 0.3) is 0 Å². The molecule has 4 rings (SSSR count). The highest BCUT2D eigenvalue weighted by atomic mass is 32.2. The largest absolute Gasteiger partial charge is 0.360 e. The number of thioether (sulfide) groups is 1. The fourth-order valence-electron chi connectivity index (χ4n) is 2.46. The van der Waals surface area contributed by atoms with Gasteiger partial charge in [-0.05, 0) is 31.9 Å². The lowest BCUT2D eigenvalue weighted by Gasteiger charge is -2.03. The molecule has 1 amide bonds. The minimum absolute atomic E-state index is 0.165. The van der Waals surface area contributed by atoms with E-state index in [9.17, 15) is 4.79 Å². The van der Waals surface area contributed by atoms with Gasteiger partial charge in [-0.1, -0.05) is 35.1 Å². The van der Waals surface area contributed by atoms with Crippen molar-refractivity contribution in [3.8, 4) is 5.69 Å². The molecule has 0 spiro atoms. The zero-order chi connectivity index (χ0) is 17.2. The smallest absolute Gasteiger partial charge is 0.236 e. The third-order valence-corrected chi connectivity index (χ3v) is 4.62. The molecule has 7 nitrogen and oxygen atoms in total. The van der Waals surface area contributed by atoms with Crippen LogP contribution in [0.3, 0.4) is 0 Å².